The summed E-state index contributed by atoms with van der Waals surface area (Å²) in [5, 5.41) is 18.5. The van der Waals surface area contributed by atoms with Crippen LogP contribution in [0.3, 0.4) is 0 Å². The van der Waals surface area contributed by atoms with E-state index in [4.69, 9.17) is 0 Å². The van der Waals surface area contributed by atoms with Crippen molar-refractivity contribution in [2.24, 2.45) is 0 Å². The Labute approximate surface area is 124 Å². The largest absolute Gasteiger partial charge is 0.335 e. The highest BCUT2D eigenvalue weighted by atomic mass is 15.2. The number of benzene rings is 2. The van der Waals surface area contributed by atoms with Crippen LogP contribution in [-0.4, -0.2) is 0 Å². The van der Waals surface area contributed by atoms with E-state index in [1.807, 2.05) is 66.4 Å². The maximum absolute atomic E-state index is 9.27. The lowest BCUT2D eigenvalue weighted by Crippen LogP contribution is -2.15. The smallest absolute Gasteiger partial charge is 0.153 e. The Morgan fingerprint density at radius 3 is 2.52 bits per heavy atom. The molecule has 2 aromatic rings. The molecule has 0 radical (unpaired) electrons. The second-order valence-electron chi connectivity index (χ2n) is 5.03. The highest BCUT2D eigenvalue weighted by Gasteiger charge is 2.28. The molecular weight excluding hydrogens is 258 g/mol. The summed E-state index contributed by atoms with van der Waals surface area (Å²) >= 11 is 0. The predicted octanol–water partition coefficient (Wildman–Crippen LogP) is 3.77. The summed E-state index contributed by atoms with van der Waals surface area (Å²) in [7, 11) is 0. The van der Waals surface area contributed by atoms with Gasteiger partial charge in [0.2, 0.25) is 0 Å². The van der Waals surface area contributed by atoms with Crippen LogP contribution in [0, 0.1) is 29.6 Å². The number of anilines is 1. The van der Waals surface area contributed by atoms with Gasteiger partial charge in [-0.3, -0.25) is 0 Å². The summed E-state index contributed by atoms with van der Waals surface area (Å²) in [6, 6.07) is 20.1. The second kappa shape index (κ2) is 5.15. The van der Waals surface area contributed by atoms with Crippen LogP contribution in [-0.2, 0) is 6.54 Å². The van der Waals surface area contributed by atoms with Crippen molar-refractivity contribution in [2.75, 3.05) is 4.90 Å². The molecule has 0 fully saturated rings. The van der Waals surface area contributed by atoms with E-state index in [1.165, 1.54) is 0 Å². The van der Waals surface area contributed by atoms with E-state index in [0.29, 0.717) is 12.2 Å². The Kier molecular flexibility index (Phi) is 3.18. The van der Waals surface area contributed by atoms with Gasteiger partial charge in [0.05, 0.1) is 5.70 Å². The standard InChI is InChI=1S/C18H13N3/c1-13-5-4-7-16(9-13)21-12-14-6-2-3-8-17(14)18(21)15(10-19)11-20/h2-9H,12H2,1H3. The van der Waals surface area contributed by atoms with Crippen molar-refractivity contribution in [3.05, 3.63) is 70.8 Å². The predicted molar refractivity (Wildman–Crippen MR) is 82.0 cm³/mol. The Hall–Kier alpha value is -3.04. The molecule has 3 nitrogen and oxygen atoms in total. The molecule has 0 spiro atoms. The normalized spacial score (nSPS) is 12.5. The zero-order valence-corrected chi connectivity index (χ0v) is 11.7. The highest BCUT2D eigenvalue weighted by Crippen LogP contribution is 2.38. The van der Waals surface area contributed by atoms with Gasteiger partial charge in [0.15, 0.2) is 5.57 Å². The van der Waals surface area contributed by atoms with Gasteiger partial charge in [0.1, 0.15) is 12.1 Å². The summed E-state index contributed by atoms with van der Waals surface area (Å²) < 4.78 is 0. The van der Waals surface area contributed by atoms with Crippen LogP contribution < -0.4 is 4.90 Å². The minimum Gasteiger partial charge on any atom is -0.335 e. The highest BCUT2D eigenvalue weighted by molar-refractivity contribution is 5.90. The van der Waals surface area contributed by atoms with Crippen molar-refractivity contribution >= 4 is 11.4 Å². The van der Waals surface area contributed by atoms with Crippen LogP contribution in [0.25, 0.3) is 5.70 Å². The van der Waals surface area contributed by atoms with Crippen LogP contribution in [0.15, 0.2) is 54.1 Å². The molecule has 0 saturated carbocycles. The van der Waals surface area contributed by atoms with Crippen molar-refractivity contribution in [1.29, 1.82) is 10.5 Å². The number of hydrogen-bond acceptors (Lipinski definition) is 3. The molecule has 1 aliphatic rings. The van der Waals surface area contributed by atoms with Gasteiger partial charge in [-0.1, -0.05) is 36.4 Å². The molecule has 0 aromatic heterocycles. The molecule has 100 valence electrons. The molecule has 1 heterocycles. The quantitative estimate of drug-likeness (QED) is 0.742. The molecule has 0 atom stereocenters. The molecule has 0 aliphatic carbocycles. The average molecular weight is 271 g/mol. The zero-order chi connectivity index (χ0) is 14.8. The lowest BCUT2D eigenvalue weighted by atomic mass is 10.1. The molecule has 3 heteroatoms. The number of aryl methyl sites for hydroxylation is 1. The van der Waals surface area contributed by atoms with E-state index in [-0.39, 0.29) is 5.57 Å². The molecule has 0 unspecified atom stereocenters. The van der Waals surface area contributed by atoms with Gasteiger partial charge in [-0.15, -0.1) is 0 Å². The van der Waals surface area contributed by atoms with Crippen LogP contribution in [0.2, 0.25) is 0 Å². The number of nitriles is 2. The van der Waals surface area contributed by atoms with Crippen LogP contribution in [0.4, 0.5) is 5.69 Å². The third-order valence-electron chi connectivity index (χ3n) is 3.64. The number of hydrogen-bond donors (Lipinski definition) is 0. The fraction of sp³-hybridized carbons (Fsp3) is 0.111. The summed E-state index contributed by atoms with van der Waals surface area (Å²) in [6.07, 6.45) is 0. The van der Waals surface area contributed by atoms with Crippen molar-refractivity contribution in [1.82, 2.24) is 0 Å². The van der Waals surface area contributed by atoms with Gasteiger partial charge in [-0.25, -0.2) is 0 Å². The SMILES string of the molecule is Cc1cccc(N2Cc3ccccc3C2=C(C#N)C#N)c1. The molecule has 2 aromatic carbocycles. The third-order valence-corrected chi connectivity index (χ3v) is 3.64. The third kappa shape index (κ3) is 2.16. The average Bonchev–Trinajstić information content (AvgIpc) is 2.89. The maximum atomic E-state index is 9.27. The summed E-state index contributed by atoms with van der Waals surface area (Å²) in [6.45, 7) is 2.72. The van der Waals surface area contributed by atoms with Gasteiger partial charge < -0.3 is 4.90 Å². The maximum Gasteiger partial charge on any atom is 0.153 e. The van der Waals surface area contributed by atoms with Gasteiger partial charge in [0, 0.05) is 17.8 Å². The Balaban J connectivity index is 2.22. The first-order valence-corrected chi connectivity index (χ1v) is 6.71. The Morgan fingerprint density at radius 2 is 1.81 bits per heavy atom. The molecule has 0 N–H and O–H groups in total. The van der Waals surface area contributed by atoms with Gasteiger partial charge in [-0.05, 0) is 30.2 Å². The van der Waals surface area contributed by atoms with Crippen molar-refractivity contribution < 1.29 is 0 Å². The molecular formula is C18H13N3. The van der Waals surface area contributed by atoms with Gasteiger partial charge in [-0.2, -0.15) is 10.5 Å². The summed E-state index contributed by atoms with van der Waals surface area (Å²) in [4.78, 5) is 2.04. The van der Waals surface area contributed by atoms with Crippen LogP contribution in [0.1, 0.15) is 16.7 Å². The second-order valence-corrected chi connectivity index (χ2v) is 5.03. The minimum absolute atomic E-state index is 0.154. The first-order chi connectivity index (χ1) is 10.2. The lowest BCUT2D eigenvalue weighted by molar-refractivity contribution is 1.03. The van der Waals surface area contributed by atoms with Crippen molar-refractivity contribution in [3.8, 4) is 12.1 Å². The Bertz CT molecular complexity index is 803. The van der Waals surface area contributed by atoms with Crippen molar-refractivity contribution in [2.45, 2.75) is 13.5 Å². The topological polar surface area (TPSA) is 50.8 Å². The number of allylic oxidation sites excluding steroid dienone is 1. The van der Waals surface area contributed by atoms with Crippen molar-refractivity contribution in [3.63, 3.8) is 0 Å². The van der Waals surface area contributed by atoms with Crippen LogP contribution in [0.5, 0.6) is 0 Å². The Morgan fingerprint density at radius 1 is 1.05 bits per heavy atom. The minimum atomic E-state index is 0.154. The number of nitrogens with zero attached hydrogens (tertiary/aromatic N) is 3. The molecule has 3 rings (SSSR count). The summed E-state index contributed by atoms with van der Waals surface area (Å²) in [5.41, 5.74) is 5.12. The van der Waals surface area contributed by atoms with E-state index in [1.54, 1.807) is 0 Å². The molecule has 1 aliphatic heterocycles. The van der Waals surface area contributed by atoms with Gasteiger partial charge >= 0.3 is 0 Å². The molecule has 0 bridgehead atoms. The first kappa shape index (κ1) is 13.0. The summed E-state index contributed by atoms with van der Waals surface area (Å²) in [5.74, 6) is 0. The molecule has 0 saturated heterocycles. The fourth-order valence-corrected chi connectivity index (χ4v) is 2.70. The first-order valence-electron chi connectivity index (χ1n) is 6.71. The zero-order valence-electron chi connectivity index (χ0n) is 11.7. The van der Waals surface area contributed by atoms with E-state index in [9.17, 15) is 10.5 Å². The van der Waals surface area contributed by atoms with E-state index in [0.717, 1.165) is 22.4 Å². The van der Waals surface area contributed by atoms with E-state index >= 15 is 0 Å². The number of rotatable bonds is 1. The van der Waals surface area contributed by atoms with Crippen LogP contribution >= 0.6 is 0 Å². The molecule has 21 heavy (non-hydrogen) atoms. The van der Waals surface area contributed by atoms with Gasteiger partial charge in [0.25, 0.3) is 0 Å². The molecule has 0 amide bonds. The number of fused-ring (bicyclic) bond motifs is 1. The monoisotopic (exact) mass is 271 g/mol. The lowest BCUT2D eigenvalue weighted by Gasteiger charge is -2.21. The van der Waals surface area contributed by atoms with E-state index < -0.39 is 0 Å². The van der Waals surface area contributed by atoms with E-state index in [2.05, 4.69) is 6.07 Å². The fourth-order valence-electron chi connectivity index (χ4n) is 2.70.